The fraction of sp³-hybridized carbons (Fsp3) is 0.158. The minimum atomic E-state index is -0.00577. The molecule has 5 heteroatoms. The van der Waals surface area contributed by atoms with Crippen molar-refractivity contribution >= 4 is 11.6 Å². The summed E-state index contributed by atoms with van der Waals surface area (Å²) in [7, 11) is 0. The van der Waals surface area contributed by atoms with Gasteiger partial charge in [-0.3, -0.25) is 0 Å². The Kier molecular flexibility index (Phi) is 3.92. The average Bonchev–Trinajstić information content (AvgIpc) is 3.05. The van der Waals surface area contributed by atoms with Gasteiger partial charge < -0.3 is 10.5 Å². The number of nitrogens with zero attached hydrogens (tertiary/aromatic N) is 2. The van der Waals surface area contributed by atoms with Crippen LogP contribution in [0.5, 0.6) is 5.75 Å². The number of aromatic nitrogens is 2. The van der Waals surface area contributed by atoms with E-state index in [1.165, 1.54) is 0 Å². The van der Waals surface area contributed by atoms with Gasteiger partial charge in [-0.25, -0.2) is 0 Å². The number of rotatable bonds is 3. The maximum Gasteiger partial charge on any atom is 0.132 e. The van der Waals surface area contributed by atoms with Crippen molar-refractivity contribution in [2.24, 2.45) is 5.73 Å². The zero-order valence-corrected chi connectivity index (χ0v) is 13.7. The number of fused-ring (bicyclic) bond motifs is 1. The topological polar surface area (TPSA) is 61.0 Å². The first kappa shape index (κ1) is 15.1. The molecule has 1 aliphatic heterocycles. The van der Waals surface area contributed by atoms with Crippen molar-refractivity contribution in [3.05, 3.63) is 65.2 Å². The molecule has 2 aromatic carbocycles. The Labute approximate surface area is 145 Å². The maximum atomic E-state index is 6.26. The summed E-state index contributed by atoms with van der Waals surface area (Å²) < 4.78 is 5.96. The summed E-state index contributed by atoms with van der Waals surface area (Å²) in [5.74, 6) is 0.816. The third-order valence-electron chi connectivity index (χ3n) is 4.14. The van der Waals surface area contributed by atoms with Crippen molar-refractivity contribution < 1.29 is 4.74 Å². The van der Waals surface area contributed by atoms with E-state index in [0.717, 1.165) is 40.2 Å². The van der Waals surface area contributed by atoms with Crippen molar-refractivity contribution in [1.29, 1.82) is 0 Å². The molecule has 1 aliphatic rings. The molecule has 0 unspecified atom stereocenters. The van der Waals surface area contributed by atoms with E-state index in [2.05, 4.69) is 10.2 Å². The summed E-state index contributed by atoms with van der Waals surface area (Å²) in [5, 5.41) is 9.39. The zero-order valence-electron chi connectivity index (χ0n) is 12.9. The summed E-state index contributed by atoms with van der Waals surface area (Å²) in [6.07, 6.45) is 0.767. The van der Waals surface area contributed by atoms with Gasteiger partial charge in [0.05, 0.1) is 11.4 Å². The van der Waals surface area contributed by atoms with Crippen LogP contribution >= 0.6 is 11.6 Å². The first-order chi connectivity index (χ1) is 11.7. The number of benzene rings is 2. The number of hydrogen-bond acceptors (Lipinski definition) is 4. The molecule has 1 atom stereocenters. The molecule has 120 valence electrons. The normalized spacial score (nSPS) is 15.8. The van der Waals surface area contributed by atoms with Crippen molar-refractivity contribution in [3.8, 4) is 28.3 Å². The largest absolute Gasteiger partial charge is 0.488 e. The van der Waals surface area contributed by atoms with E-state index in [-0.39, 0.29) is 6.10 Å². The van der Waals surface area contributed by atoms with E-state index in [9.17, 15) is 0 Å². The molecular weight excluding hydrogens is 322 g/mol. The van der Waals surface area contributed by atoms with Gasteiger partial charge in [-0.2, -0.15) is 0 Å². The highest BCUT2D eigenvalue weighted by Gasteiger charge is 2.26. The molecule has 4 rings (SSSR count). The summed E-state index contributed by atoms with van der Waals surface area (Å²) in [5.41, 5.74) is 10.3. The number of halogens is 1. The maximum absolute atomic E-state index is 6.26. The molecular formula is C19H16ClN3O. The van der Waals surface area contributed by atoms with E-state index >= 15 is 0 Å². The Morgan fingerprint density at radius 2 is 1.79 bits per heavy atom. The van der Waals surface area contributed by atoms with Crippen LogP contribution in [0.3, 0.4) is 0 Å². The second kappa shape index (κ2) is 6.23. The molecule has 0 saturated heterocycles. The molecule has 0 saturated carbocycles. The van der Waals surface area contributed by atoms with Crippen molar-refractivity contribution in [2.45, 2.75) is 12.5 Å². The Morgan fingerprint density at radius 1 is 1.04 bits per heavy atom. The molecule has 24 heavy (non-hydrogen) atoms. The predicted octanol–water partition coefficient (Wildman–Crippen LogP) is 3.73. The second-order valence-electron chi connectivity index (χ2n) is 5.79. The molecule has 0 aliphatic carbocycles. The predicted molar refractivity (Wildman–Crippen MR) is 95.1 cm³/mol. The standard InChI is InChI=1S/C19H16ClN3O/c20-14-8-13-9-15(11-21)24-19(13)16(10-14)18-7-6-17(22-23-18)12-4-2-1-3-5-12/h1-8,10,15H,9,11,21H2/t15-/m1/s1. The van der Waals surface area contributed by atoms with Crippen LogP contribution in [0.25, 0.3) is 22.5 Å². The SMILES string of the molecule is NC[C@H]1Cc2cc(Cl)cc(-c3ccc(-c4ccccc4)nn3)c2O1. The van der Waals surface area contributed by atoms with E-state index in [1.807, 2.05) is 54.6 Å². The minimum Gasteiger partial charge on any atom is -0.488 e. The van der Waals surface area contributed by atoms with Gasteiger partial charge in [-0.15, -0.1) is 10.2 Å². The molecule has 0 spiro atoms. The van der Waals surface area contributed by atoms with Crippen molar-refractivity contribution in [2.75, 3.05) is 6.54 Å². The van der Waals surface area contributed by atoms with Gasteiger partial charge in [0.2, 0.25) is 0 Å². The van der Waals surface area contributed by atoms with Crippen LogP contribution < -0.4 is 10.5 Å². The molecule has 2 heterocycles. The third-order valence-corrected chi connectivity index (χ3v) is 4.35. The summed E-state index contributed by atoms with van der Waals surface area (Å²) in [6, 6.07) is 17.7. The van der Waals surface area contributed by atoms with Crippen molar-refractivity contribution in [1.82, 2.24) is 10.2 Å². The van der Waals surface area contributed by atoms with Gasteiger partial charge in [0.1, 0.15) is 11.9 Å². The van der Waals surface area contributed by atoms with Crippen molar-refractivity contribution in [3.63, 3.8) is 0 Å². The Morgan fingerprint density at radius 3 is 2.50 bits per heavy atom. The number of nitrogens with two attached hydrogens (primary N) is 1. The lowest BCUT2D eigenvalue weighted by Crippen LogP contribution is -2.24. The lowest BCUT2D eigenvalue weighted by atomic mass is 10.0. The van der Waals surface area contributed by atoms with Crippen LogP contribution in [-0.2, 0) is 6.42 Å². The summed E-state index contributed by atoms with van der Waals surface area (Å²) in [4.78, 5) is 0. The quantitative estimate of drug-likeness (QED) is 0.791. The van der Waals surface area contributed by atoms with E-state index < -0.39 is 0 Å². The molecule has 0 fully saturated rings. The zero-order chi connectivity index (χ0) is 16.5. The smallest absolute Gasteiger partial charge is 0.132 e. The van der Waals surface area contributed by atoms with Crippen LogP contribution in [0.15, 0.2) is 54.6 Å². The average molecular weight is 338 g/mol. The number of hydrogen-bond donors (Lipinski definition) is 1. The molecule has 4 nitrogen and oxygen atoms in total. The number of ether oxygens (including phenoxy) is 1. The molecule has 1 aromatic heterocycles. The Balaban J connectivity index is 1.73. The highest BCUT2D eigenvalue weighted by atomic mass is 35.5. The van der Waals surface area contributed by atoms with Crippen LogP contribution in [0, 0.1) is 0 Å². The van der Waals surface area contributed by atoms with Crippen LogP contribution in [0.4, 0.5) is 0 Å². The molecule has 0 bridgehead atoms. The fourth-order valence-corrected chi connectivity index (χ4v) is 3.20. The lowest BCUT2D eigenvalue weighted by Gasteiger charge is -2.11. The second-order valence-corrected chi connectivity index (χ2v) is 6.23. The van der Waals surface area contributed by atoms with Gasteiger partial charge in [-0.1, -0.05) is 41.9 Å². The van der Waals surface area contributed by atoms with Crippen LogP contribution in [-0.4, -0.2) is 22.8 Å². The van der Waals surface area contributed by atoms with Gasteiger partial charge >= 0.3 is 0 Å². The highest BCUT2D eigenvalue weighted by molar-refractivity contribution is 6.31. The fourth-order valence-electron chi connectivity index (χ4n) is 2.95. The lowest BCUT2D eigenvalue weighted by molar-refractivity contribution is 0.242. The molecule has 2 N–H and O–H groups in total. The van der Waals surface area contributed by atoms with E-state index in [1.54, 1.807) is 0 Å². The monoisotopic (exact) mass is 337 g/mol. The van der Waals surface area contributed by atoms with E-state index in [4.69, 9.17) is 22.1 Å². The Bertz CT molecular complexity index is 866. The van der Waals surface area contributed by atoms with Gasteiger partial charge in [-0.05, 0) is 24.3 Å². The van der Waals surface area contributed by atoms with E-state index in [0.29, 0.717) is 11.6 Å². The van der Waals surface area contributed by atoms with Gasteiger partial charge in [0.25, 0.3) is 0 Å². The Hall–Kier alpha value is -2.43. The highest BCUT2D eigenvalue weighted by Crippen LogP contribution is 2.40. The minimum absolute atomic E-state index is 0.00577. The third kappa shape index (κ3) is 2.75. The molecule has 0 radical (unpaired) electrons. The first-order valence-corrected chi connectivity index (χ1v) is 8.21. The van der Waals surface area contributed by atoms with Crippen LogP contribution in [0.1, 0.15) is 5.56 Å². The van der Waals surface area contributed by atoms with Gasteiger partial charge in [0.15, 0.2) is 0 Å². The van der Waals surface area contributed by atoms with Gasteiger partial charge in [0, 0.05) is 34.7 Å². The summed E-state index contributed by atoms with van der Waals surface area (Å²) >= 11 is 6.26. The molecule has 0 amide bonds. The molecule has 3 aromatic rings. The summed E-state index contributed by atoms with van der Waals surface area (Å²) in [6.45, 7) is 0.477. The van der Waals surface area contributed by atoms with Crippen LogP contribution in [0.2, 0.25) is 5.02 Å². The first-order valence-electron chi connectivity index (χ1n) is 7.83.